The molecule has 1 aromatic carbocycles. The van der Waals surface area contributed by atoms with E-state index in [1.165, 1.54) is 0 Å². The van der Waals surface area contributed by atoms with E-state index in [1.54, 1.807) is 14.2 Å². The Morgan fingerprint density at radius 2 is 1.92 bits per heavy atom. The van der Waals surface area contributed by atoms with Gasteiger partial charge < -0.3 is 20.1 Å². The van der Waals surface area contributed by atoms with Gasteiger partial charge in [-0.3, -0.25) is 4.99 Å². The van der Waals surface area contributed by atoms with Crippen LogP contribution in [0, 0.1) is 0 Å². The molecule has 25 heavy (non-hydrogen) atoms. The van der Waals surface area contributed by atoms with Crippen molar-refractivity contribution in [3.63, 3.8) is 0 Å². The van der Waals surface area contributed by atoms with Crippen molar-refractivity contribution in [1.82, 2.24) is 15.6 Å². The predicted molar refractivity (Wildman–Crippen MR) is 100 cm³/mol. The number of rotatable bonds is 8. The number of pyridine rings is 1. The molecule has 2 rings (SSSR count). The molecule has 1 heterocycles. The molecule has 0 bridgehead atoms. The highest BCUT2D eigenvalue weighted by Crippen LogP contribution is 2.16. The molecule has 2 N–H and O–H groups in total. The standard InChI is InChI=1S/C19H26N4O2/c1-4-11-25-18-10-9-15(12-21-18)13-22-19(20-2)23-14-16-7-5-6-8-17(16)24-3/h5-10,12H,4,11,13-14H2,1-3H3,(H2,20,22,23). The third-order valence-electron chi connectivity index (χ3n) is 3.57. The largest absolute Gasteiger partial charge is 0.496 e. The molecule has 1 aromatic heterocycles. The van der Waals surface area contributed by atoms with Crippen LogP contribution in [0.5, 0.6) is 11.6 Å². The van der Waals surface area contributed by atoms with Crippen LogP contribution in [0.1, 0.15) is 24.5 Å². The number of ether oxygens (including phenoxy) is 2. The van der Waals surface area contributed by atoms with E-state index in [0.717, 1.165) is 29.3 Å². The monoisotopic (exact) mass is 342 g/mol. The first-order chi connectivity index (χ1) is 12.3. The zero-order chi connectivity index (χ0) is 17.9. The lowest BCUT2D eigenvalue weighted by Crippen LogP contribution is -2.36. The molecule has 0 aliphatic carbocycles. The highest BCUT2D eigenvalue weighted by Gasteiger charge is 2.04. The average molecular weight is 342 g/mol. The van der Waals surface area contributed by atoms with E-state index < -0.39 is 0 Å². The van der Waals surface area contributed by atoms with Gasteiger partial charge in [0.05, 0.1) is 13.7 Å². The predicted octanol–water partition coefficient (Wildman–Crippen LogP) is 2.74. The Kier molecular flexibility index (Phi) is 7.56. The van der Waals surface area contributed by atoms with E-state index in [0.29, 0.717) is 25.6 Å². The van der Waals surface area contributed by atoms with Gasteiger partial charge in [-0.2, -0.15) is 0 Å². The van der Waals surface area contributed by atoms with Gasteiger partial charge in [-0.05, 0) is 18.1 Å². The molecule has 0 saturated carbocycles. The van der Waals surface area contributed by atoms with Crippen LogP contribution in [0.4, 0.5) is 0 Å². The van der Waals surface area contributed by atoms with Crippen molar-refractivity contribution in [1.29, 1.82) is 0 Å². The molecule has 0 fully saturated rings. The van der Waals surface area contributed by atoms with Gasteiger partial charge in [0, 0.05) is 38.0 Å². The molecule has 0 spiro atoms. The first-order valence-electron chi connectivity index (χ1n) is 8.41. The van der Waals surface area contributed by atoms with Gasteiger partial charge in [-0.25, -0.2) is 4.98 Å². The molecule has 0 unspecified atom stereocenters. The Labute approximate surface area is 149 Å². The molecule has 6 nitrogen and oxygen atoms in total. The van der Waals surface area contributed by atoms with Crippen molar-refractivity contribution in [2.75, 3.05) is 20.8 Å². The van der Waals surface area contributed by atoms with Gasteiger partial charge in [0.1, 0.15) is 5.75 Å². The Morgan fingerprint density at radius 1 is 1.12 bits per heavy atom. The van der Waals surface area contributed by atoms with Crippen LogP contribution in [-0.4, -0.2) is 31.7 Å². The second-order valence-corrected chi connectivity index (χ2v) is 5.44. The highest BCUT2D eigenvalue weighted by molar-refractivity contribution is 5.79. The number of nitrogens with zero attached hydrogens (tertiary/aromatic N) is 2. The zero-order valence-electron chi connectivity index (χ0n) is 15.1. The summed E-state index contributed by atoms with van der Waals surface area (Å²) >= 11 is 0. The maximum atomic E-state index is 5.49. The summed E-state index contributed by atoms with van der Waals surface area (Å²) in [6.07, 6.45) is 2.78. The lowest BCUT2D eigenvalue weighted by atomic mass is 10.2. The number of nitrogens with one attached hydrogen (secondary N) is 2. The first-order valence-corrected chi connectivity index (χ1v) is 8.41. The van der Waals surface area contributed by atoms with Gasteiger partial charge in [-0.15, -0.1) is 0 Å². The fourth-order valence-corrected chi connectivity index (χ4v) is 2.24. The average Bonchev–Trinajstić information content (AvgIpc) is 2.67. The molecule has 0 radical (unpaired) electrons. The zero-order valence-corrected chi connectivity index (χ0v) is 15.1. The van der Waals surface area contributed by atoms with E-state index in [-0.39, 0.29) is 0 Å². The number of aromatic nitrogens is 1. The highest BCUT2D eigenvalue weighted by atomic mass is 16.5. The van der Waals surface area contributed by atoms with Gasteiger partial charge >= 0.3 is 0 Å². The van der Waals surface area contributed by atoms with Gasteiger partial charge in [0.2, 0.25) is 5.88 Å². The minimum absolute atomic E-state index is 0.631. The normalized spacial score (nSPS) is 11.1. The number of benzene rings is 1. The van der Waals surface area contributed by atoms with Gasteiger partial charge in [-0.1, -0.05) is 31.2 Å². The van der Waals surface area contributed by atoms with Crippen LogP contribution in [0.2, 0.25) is 0 Å². The molecular weight excluding hydrogens is 316 g/mol. The SMILES string of the molecule is CCCOc1ccc(CNC(=NC)NCc2ccccc2OC)cn1. The summed E-state index contributed by atoms with van der Waals surface area (Å²) < 4.78 is 10.8. The van der Waals surface area contributed by atoms with Gasteiger partial charge in [0.25, 0.3) is 0 Å². The molecular formula is C19H26N4O2. The van der Waals surface area contributed by atoms with Crippen molar-refractivity contribution >= 4 is 5.96 Å². The second kappa shape index (κ2) is 10.2. The number of para-hydroxylation sites is 1. The second-order valence-electron chi connectivity index (χ2n) is 5.44. The van der Waals surface area contributed by atoms with E-state index in [9.17, 15) is 0 Å². The van der Waals surface area contributed by atoms with E-state index >= 15 is 0 Å². The molecule has 134 valence electrons. The maximum absolute atomic E-state index is 5.49. The Hall–Kier alpha value is -2.76. The number of aliphatic imine (C=N–C) groups is 1. The van der Waals surface area contributed by atoms with E-state index in [1.807, 2.05) is 42.6 Å². The summed E-state index contributed by atoms with van der Waals surface area (Å²) in [5, 5.41) is 6.56. The molecule has 0 atom stereocenters. The summed E-state index contributed by atoms with van der Waals surface area (Å²) in [5.41, 5.74) is 2.14. The minimum atomic E-state index is 0.631. The Bertz CT molecular complexity index is 671. The fourth-order valence-electron chi connectivity index (χ4n) is 2.24. The van der Waals surface area contributed by atoms with Crippen LogP contribution < -0.4 is 20.1 Å². The molecule has 0 aliphatic heterocycles. The van der Waals surface area contributed by atoms with Crippen molar-refractivity contribution in [3.05, 3.63) is 53.7 Å². The number of hydrogen-bond acceptors (Lipinski definition) is 4. The van der Waals surface area contributed by atoms with Crippen LogP contribution in [0.25, 0.3) is 0 Å². The van der Waals surface area contributed by atoms with Gasteiger partial charge in [0.15, 0.2) is 5.96 Å². The topological polar surface area (TPSA) is 67.8 Å². The minimum Gasteiger partial charge on any atom is -0.496 e. The lowest BCUT2D eigenvalue weighted by Gasteiger charge is -2.14. The van der Waals surface area contributed by atoms with Crippen molar-refractivity contribution < 1.29 is 9.47 Å². The van der Waals surface area contributed by atoms with Crippen LogP contribution in [0.3, 0.4) is 0 Å². The fraction of sp³-hybridized carbons (Fsp3) is 0.368. The van der Waals surface area contributed by atoms with Crippen LogP contribution in [0.15, 0.2) is 47.6 Å². The van der Waals surface area contributed by atoms with Crippen LogP contribution >= 0.6 is 0 Å². The smallest absolute Gasteiger partial charge is 0.213 e. The van der Waals surface area contributed by atoms with E-state index in [2.05, 4.69) is 27.5 Å². The first kappa shape index (κ1) is 18.6. The summed E-state index contributed by atoms with van der Waals surface area (Å²) in [6, 6.07) is 11.8. The van der Waals surface area contributed by atoms with Crippen molar-refractivity contribution in [2.45, 2.75) is 26.4 Å². The molecule has 0 saturated heterocycles. The quantitative estimate of drug-likeness (QED) is 0.570. The number of methoxy groups -OCH3 is 1. The van der Waals surface area contributed by atoms with E-state index in [4.69, 9.17) is 9.47 Å². The lowest BCUT2D eigenvalue weighted by molar-refractivity contribution is 0.305. The third kappa shape index (κ3) is 5.99. The van der Waals surface area contributed by atoms with Crippen molar-refractivity contribution in [2.24, 2.45) is 4.99 Å². The molecule has 0 aliphatic rings. The summed E-state index contributed by atoms with van der Waals surface area (Å²) in [4.78, 5) is 8.54. The number of hydrogen-bond donors (Lipinski definition) is 2. The van der Waals surface area contributed by atoms with Crippen molar-refractivity contribution in [3.8, 4) is 11.6 Å². The summed E-state index contributed by atoms with van der Waals surface area (Å²) in [6.45, 7) is 4.02. The number of guanidine groups is 1. The molecule has 2 aromatic rings. The maximum Gasteiger partial charge on any atom is 0.213 e. The third-order valence-corrected chi connectivity index (χ3v) is 3.57. The summed E-state index contributed by atoms with van der Waals surface area (Å²) in [7, 11) is 3.42. The Balaban J connectivity index is 1.84. The molecule has 6 heteroatoms. The van der Waals surface area contributed by atoms with Crippen LogP contribution in [-0.2, 0) is 13.1 Å². The molecule has 0 amide bonds. The Morgan fingerprint density at radius 3 is 2.60 bits per heavy atom. The summed E-state index contributed by atoms with van der Waals surface area (Å²) in [5.74, 6) is 2.24.